The Balaban J connectivity index is 1.43. The number of aromatic nitrogens is 2. The van der Waals surface area contributed by atoms with Crippen LogP contribution >= 0.6 is 0 Å². The molecular formula is C24H29F4N5O3. The lowest BCUT2D eigenvalue weighted by Gasteiger charge is -2.36. The molecule has 1 aliphatic carbocycles. The van der Waals surface area contributed by atoms with Crippen molar-refractivity contribution in [2.45, 2.75) is 76.5 Å². The van der Waals surface area contributed by atoms with Gasteiger partial charge in [-0.15, -0.1) is 0 Å². The van der Waals surface area contributed by atoms with Crippen LogP contribution in [0.4, 0.5) is 22.4 Å². The monoisotopic (exact) mass is 511 g/mol. The lowest BCUT2D eigenvalue weighted by atomic mass is 9.97. The van der Waals surface area contributed by atoms with Crippen molar-refractivity contribution in [3.63, 3.8) is 0 Å². The molecule has 4 unspecified atom stereocenters. The molecule has 2 fully saturated rings. The number of benzene rings is 1. The van der Waals surface area contributed by atoms with Gasteiger partial charge in [0, 0.05) is 18.0 Å². The number of piperidine rings is 1. The molecule has 1 aromatic carbocycles. The number of nitrogens with two attached hydrogens (primary N) is 1. The molecule has 4 rings (SSSR count). The molecule has 2 aromatic rings. The summed E-state index contributed by atoms with van der Waals surface area (Å²) in [4.78, 5) is 27.3. The third kappa shape index (κ3) is 5.32. The van der Waals surface area contributed by atoms with Crippen LogP contribution in [0.15, 0.2) is 24.4 Å². The second-order valence-corrected chi connectivity index (χ2v) is 10.3. The summed E-state index contributed by atoms with van der Waals surface area (Å²) in [6.07, 6.45) is -3.00. The van der Waals surface area contributed by atoms with Crippen molar-refractivity contribution in [2.75, 3.05) is 0 Å². The largest absolute Gasteiger partial charge is 0.444 e. The number of rotatable bonds is 5. The van der Waals surface area contributed by atoms with Gasteiger partial charge in [-0.1, -0.05) is 12.1 Å². The number of hydrogen-bond donors (Lipinski definition) is 3. The summed E-state index contributed by atoms with van der Waals surface area (Å²) < 4.78 is 59.6. The average molecular weight is 512 g/mol. The van der Waals surface area contributed by atoms with Gasteiger partial charge in [-0.05, 0) is 63.1 Å². The molecule has 0 spiro atoms. The number of amides is 2. The summed E-state index contributed by atoms with van der Waals surface area (Å²) in [5.74, 6) is -1.21. The Kier molecular flexibility index (Phi) is 6.76. The molecule has 4 atom stereocenters. The Morgan fingerprint density at radius 1 is 1.28 bits per heavy atom. The number of alkyl halides is 3. The van der Waals surface area contributed by atoms with Gasteiger partial charge in [-0.25, -0.2) is 9.18 Å². The molecule has 2 bridgehead atoms. The van der Waals surface area contributed by atoms with Crippen LogP contribution in [0.3, 0.4) is 0 Å². The predicted molar refractivity (Wildman–Crippen MR) is 122 cm³/mol. The van der Waals surface area contributed by atoms with Gasteiger partial charge in [0.25, 0.3) is 0 Å². The minimum atomic E-state index is -4.67. The van der Waals surface area contributed by atoms with E-state index in [0.29, 0.717) is 6.42 Å². The van der Waals surface area contributed by atoms with Gasteiger partial charge in [0.1, 0.15) is 23.2 Å². The Bertz CT molecular complexity index is 1140. The van der Waals surface area contributed by atoms with E-state index < -0.39 is 47.5 Å². The average Bonchev–Trinajstić information content (AvgIpc) is 3.49. The lowest BCUT2D eigenvalue weighted by Crippen LogP contribution is -2.57. The van der Waals surface area contributed by atoms with Gasteiger partial charge in [0.05, 0.1) is 12.4 Å². The lowest BCUT2D eigenvalue weighted by molar-refractivity contribution is -0.140. The number of nitrogens with zero attached hydrogens (tertiary/aromatic N) is 2. The van der Waals surface area contributed by atoms with Crippen LogP contribution in [0.1, 0.15) is 51.3 Å². The van der Waals surface area contributed by atoms with Crippen LogP contribution in [0, 0.1) is 11.7 Å². The van der Waals surface area contributed by atoms with Crippen LogP contribution in [-0.2, 0) is 22.1 Å². The van der Waals surface area contributed by atoms with Crippen LogP contribution in [0.2, 0.25) is 0 Å². The number of aromatic amines is 1. The number of carbonyl (C=O) groups is 2. The van der Waals surface area contributed by atoms with Gasteiger partial charge in [-0.2, -0.15) is 18.3 Å². The normalized spacial score (nSPS) is 22.6. The third-order valence-corrected chi connectivity index (χ3v) is 6.51. The standard InChI is InChI=1S/C24H29F4N5O3/c1-23(2,3)36-22(35)33-15-7-6-14(8-15)19(33)21(34)31-18(29)10-13-5-4-12(9-17(13)25)16-11-30-32-20(16)24(26,27)28/h4-5,9,11,14-15,18-19H,6-8,10,29H2,1-3H3,(H,30,32)(H,31,34). The van der Waals surface area contributed by atoms with E-state index in [4.69, 9.17) is 10.5 Å². The maximum absolute atomic E-state index is 14.8. The second kappa shape index (κ2) is 9.38. The van der Waals surface area contributed by atoms with E-state index in [-0.39, 0.29) is 35.1 Å². The summed E-state index contributed by atoms with van der Waals surface area (Å²) in [6, 6.07) is 2.84. The molecule has 1 aromatic heterocycles. The number of ether oxygens (including phenoxy) is 1. The number of H-pyrrole nitrogens is 1. The Hall–Kier alpha value is -3.15. The first-order chi connectivity index (χ1) is 16.7. The highest BCUT2D eigenvalue weighted by Gasteiger charge is 2.52. The first kappa shape index (κ1) is 25.9. The molecule has 8 nitrogen and oxygen atoms in total. The maximum atomic E-state index is 14.8. The van der Waals surface area contributed by atoms with E-state index >= 15 is 0 Å². The predicted octanol–water partition coefficient (Wildman–Crippen LogP) is 3.97. The van der Waals surface area contributed by atoms with Gasteiger partial charge in [0.2, 0.25) is 5.91 Å². The topological polar surface area (TPSA) is 113 Å². The number of carbonyl (C=O) groups excluding carboxylic acids is 2. The van der Waals surface area contributed by atoms with Crippen LogP contribution in [0.25, 0.3) is 11.1 Å². The quantitative estimate of drug-likeness (QED) is 0.415. The second-order valence-electron chi connectivity index (χ2n) is 10.3. The summed E-state index contributed by atoms with van der Waals surface area (Å²) >= 11 is 0. The first-order valence-corrected chi connectivity index (χ1v) is 11.7. The smallest absolute Gasteiger partial charge is 0.433 e. The first-order valence-electron chi connectivity index (χ1n) is 11.7. The van der Waals surface area contributed by atoms with E-state index in [1.165, 1.54) is 17.0 Å². The fourth-order valence-corrected chi connectivity index (χ4v) is 5.06. The zero-order chi connectivity index (χ0) is 26.4. The van der Waals surface area contributed by atoms with E-state index in [1.807, 2.05) is 5.10 Å². The molecule has 1 saturated heterocycles. The molecule has 0 radical (unpaired) electrons. The van der Waals surface area contributed by atoms with Crippen molar-refractivity contribution < 1.29 is 31.9 Å². The van der Waals surface area contributed by atoms with Crippen LogP contribution in [0.5, 0.6) is 0 Å². The van der Waals surface area contributed by atoms with E-state index in [9.17, 15) is 27.2 Å². The third-order valence-electron chi connectivity index (χ3n) is 6.51. The van der Waals surface area contributed by atoms with Gasteiger partial charge < -0.3 is 15.8 Å². The van der Waals surface area contributed by atoms with Crippen LogP contribution in [-0.4, -0.2) is 50.9 Å². The molecule has 12 heteroatoms. The molecule has 1 aliphatic heterocycles. The van der Waals surface area contributed by atoms with Crippen molar-refractivity contribution >= 4 is 12.0 Å². The molecule has 2 heterocycles. The van der Waals surface area contributed by atoms with Crippen molar-refractivity contribution in [3.8, 4) is 11.1 Å². The Morgan fingerprint density at radius 2 is 2.00 bits per heavy atom. The highest BCUT2D eigenvalue weighted by atomic mass is 19.4. The van der Waals surface area contributed by atoms with Gasteiger partial charge >= 0.3 is 12.3 Å². The molecular weight excluding hydrogens is 482 g/mol. The number of nitrogens with one attached hydrogen (secondary N) is 2. The van der Waals surface area contributed by atoms with Crippen molar-refractivity contribution in [1.29, 1.82) is 0 Å². The Morgan fingerprint density at radius 3 is 2.64 bits per heavy atom. The summed E-state index contributed by atoms with van der Waals surface area (Å²) in [7, 11) is 0. The van der Waals surface area contributed by atoms with Crippen molar-refractivity contribution in [3.05, 3.63) is 41.5 Å². The van der Waals surface area contributed by atoms with E-state index in [1.54, 1.807) is 20.8 Å². The van der Waals surface area contributed by atoms with Crippen molar-refractivity contribution in [1.82, 2.24) is 20.4 Å². The van der Waals surface area contributed by atoms with Gasteiger partial charge in [-0.3, -0.25) is 14.8 Å². The molecule has 2 aliphatic rings. The SMILES string of the molecule is CC(C)(C)OC(=O)N1C2CCC(C2)C1C(=O)NC(N)Cc1ccc(-c2cn[nH]c2C(F)(F)F)cc1F. The van der Waals surface area contributed by atoms with E-state index in [0.717, 1.165) is 25.1 Å². The fraction of sp³-hybridized carbons (Fsp3) is 0.542. The highest BCUT2D eigenvalue weighted by molar-refractivity contribution is 5.87. The van der Waals surface area contributed by atoms with E-state index in [2.05, 4.69) is 10.4 Å². The number of likely N-dealkylation sites (tertiary alicyclic amines) is 1. The molecule has 36 heavy (non-hydrogen) atoms. The molecule has 196 valence electrons. The Labute approximate surface area is 205 Å². The molecule has 2 amide bonds. The fourth-order valence-electron chi connectivity index (χ4n) is 5.06. The minimum Gasteiger partial charge on any atom is -0.444 e. The van der Waals surface area contributed by atoms with Gasteiger partial charge in [0.15, 0.2) is 0 Å². The summed E-state index contributed by atoms with van der Waals surface area (Å²) in [5.41, 5.74) is 4.16. The van der Waals surface area contributed by atoms with Crippen molar-refractivity contribution in [2.24, 2.45) is 11.7 Å². The molecule has 4 N–H and O–H groups in total. The number of hydrogen-bond acceptors (Lipinski definition) is 5. The minimum absolute atomic E-state index is 0.00455. The number of fused-ring (bicyclic) bond motifs is 2. The zero-order valence-electron chi connectivity index (χ0n) is 20.2. The summed E-state index contributed by atoms with van der Waals surface area (Å²) in [5, 5.41) is 7.97. The summed E-state index contributed by atoms with van der Waals surface area (Å²) in [6.45, 7) is 5.25. The van der Waals surface area contributed by atoms with Crippen LogP contribution < -0.4 is 11.1 Å². The zero-order valence-corrected chi connectivity index (χ0v) is 20.2. The number of halogens is 4. The molecule has 1 saturated carbocycles. The highest BCUT2D eigenvalue weighted by Crippen LogP contribution is 2.43. The maximum Gasteiger partial charge on any atom is 0.433 e.